The molecule has 1 aromatic heterocycles. The van der Waals surface area contributed by atoms with Gasteiger partial charge in [0.25, 0.3) is 0 Å². The molecular formula is C20H21N5O. The number of carbonyl (C=O) groups excluding carboxylic acids is 1. The molecule has 0 saturated carbocycles. The highest BCUT2D eigenvalue weighted by Gasteiger charge is 2.37. The maximum Gasteiger partial charge on any atom is 0.244 e. The van der Waals surface area contributed by atoms with Gasteiger partial charge < -0.3 is 9.80 Å². The van der Waals surface area contributed by atoms with Gasteiger partial charge in [-0.3, -0.25) is 9.69 Å². The molecule has 1 aromatic carbocycles. The molecular weight excluding hydrogens is 326 g/mol. The van der Waals surface area contributed by atoms with E-state index in [4.69, 9.17) is 5.26 Å². The predicted octanol–water partition coefficient (Wildman–Crippen LogP) is 1.88. The summed E-state index contributed by atoms with van der Waals surface area (Å²) in [5.74, 6) is 1.04. The molecule has 2 fully saturated rings. The molecule has 2 saturated heterocycles. The third-order valence-electron chi connectivity index (χ3n) is 5.20. The third-order valence-corrected chi connectivity index (χ3v) is 5.20. The maximum atomic E-state index is 12.9. The van der Waals surface area contributed by atoms with E-state index in [1.165, 1.54) is 0 Å². The number of nitriles is 1. The molecule has 0 spiro atoms. The summed E-state index contributed by atoms with van der Waals surface area (Å²) in [7, 11) is 0. The van der Waals surface area contributed by atoms with Gasteiger partial charge in [0, 0.05) is 44.6 Å². The van der Waals surface area contributed by atoms with Crippen molar-refractivity contribution in [2.45, 2.75) is 12.5 Å². The van der Waals surface area contributed by atoms with Crippen LogP contribution in [0.25, 0.3) is 0 Å². The molecule has 2 aromatic rings. The van der Waals surface area contributed by atoms with Gasteiger partial charge in [0.1, 0.15) is 5.82 Å². The van der Waals surface area contributed by atoms with E-state index in [0.29, 0.717) is 5.56 Å². The Hall–Kier alpha value is -2.91. The largest absolute Gasteiger partial charge is 0.354 e. The van der Waals surface area contributed by atoms with Gasteiger partial charge in [-0.15, -0.1) is 0 Å². The fourth-order valence-corrected chi connectivity index (χ4v) is 3.79. The highest BCUT2D eigenvalue weighted by atomic mass is 16.2. The van der Waals surface area contributed by atoms with Gasteiger partial charge in [0.15, 0.2) is 0 Å². The average molecular weight is 347 g/mol. The Kier molecular flexibility index (Phi) is 4.55. The van der Waals surface area contributed by atoms with Crippen LogP contribution >= 0.6 is 0 Å². The van der Waals surface area contributed by atoms with Crippen LogP contribution in [-0.4, -0.2) is 54.6 Å². The summed E-state index contributed by atoms with van der Waals surface area (Å²) in [6.07, 6.45) is 2.55. The van der Waals surface area contributed by atoms with Gasteiger partial charge in [0.05, 0.1) is 17.7 Å². The molecule has 3 heterocycles. The molecule has 0 bridgehead atoms. The van der Waals surface area contributed by atoms with E-state index in [2.05, 4.69) is 20.9 Å². The zero-order chi connectivity index (χ0) is 17.9. The number of hydrogen-bond donors (Lipinski definition) is 0. The number of pyridine rings is 1. The molecule has 1 atom stereocenters. The van der Waals surface area contributed by atoms with Gasteiger partial charge in [-0.1, -0.05) is 18.2 Å². The normalized spacial score (nSPS) is 21.0. The Bertz CT molecular complexity index is 824. The van der Waals surface area contributed by atoms with Crippen LogP contribution in [0, 0.1) is 11.3 Å². The van der Waals surface area contributed by atoms with Gasteiger partial charge in [-0.05, 0) is 30.7 Å². The number of piperazine rings is 1. The van der Waals surface area contributed by atoms with E-state index in [1.54, 1.807) is 12.3 Å². The minimum absolute atomic E-state index is 0.0317. The molecule has 6 nitrogen and oxygen atoms in total. The van der Waals surface area contributed by atoms with E-state index in [-0.39, 0.29) is 11.9 Å². The molecule has 2 aliphatic rings. The number of para-hydroxylation sites is 1. The van der Waals surface area contributed by atoms with Gasteiger partial charge in [0.2, 0.25) is 5.91 Å². The van der Waals surface area contributed by atoms with E-state index in [9.17, 15) is 4.79 Å². The van der Waals surface area contributed by atoms with Crippen molar-refractivity contribution in [3.05, 3.63) is 54.2 Å². The Morgan fingerprint density at radius 3 is 2.54 bits per heavy atom. The molecule has 2 aliphatic heterocycles. The lowest BCUT2D eigenvalue weighted by atomic mass is 10.1. The van der Waals surface area contributed by atoms with Gasteiger partial charge >= 0.3 is 0 Å². The van der Waals surface area contributed by atoms with Crippen molar-refractivity contribution in [1.82, 2.24) is 9.88 Å². The van der Waals surface area contributed by atoms with Crippen LogP contribution < -0.4 is 9.80 Å². The molecule has 26 heavy (non-hydrogen) atoms. The molecule has 0 radical (unpaired) electrons. The highest BCUT2D eigenvalue weighted by molar-refractivity contribution is 5.99. The number of hydrogen-bond acceptors (Lipinski definition) is 5. The van der Waals surface area contributed by atoms with Gasteiger partial charge in [-0.2, -0.15) is 5.26 Å². The van der Waals surface area contributed by atoms with Crippen LogP contribution in [0.3, 0.4) is 0 Å². The summed E-state index contributed by atoms with van der Waals surface area (Å²) >= 11 is 0. The number of nitrogens with zero attached hydrogens (tertiary/aromatic N) is 5. The average Bonchev–Trinajstić information content (AvgIpc) is 3.10. The van der Waals surface area contributed by atoms with E-state index in [0.717, 1.165) is 50.6 Å². The minimum Gasteiger partial charge on any atom is -0.354 e. The van der Waals surface area contributed by atoms with Crippen molar-refractivity contribution in [3.63, 3.8) is 0 Å². The summed E-state index contributed by atoms with van der Waals surface area (Å²) in [4.78, 5) is 23.6. The number of rotatable bonds is 3. The van der Waals surface area contributed by atoms with E-state index in [1.807, 2.05) is 41.3 Å². The number of amides is 1. The Balaban J connectivity index is 1.39. The van der Waals surface area contributed by atoms with Crippen molar-refractivity contribution < 1.29 is 4.79 Å². The zero-order valence-electron chi connectivity index (χ0n) is 14.6. The Morgan fingerprint density at radius 2 is 1.81 bits per heavy atom. The smallest absolute Gasteiger partial charge is 0.244 e. The van der Waals surface area contributed by atoms with Crippen molar-refractivity contribution in [1.29, 1.82) is 5.26 Å². The molecule has 6 heteroatoms. The molecule has 4 rings (SSSR count). The summed E-state index contributed by atoms with van der Waals surface area (Å²) in [5, 5.41) is 9.05. The lowest BCUT2D eigenvalue weighted by Gasteiger charge is -2.37. The second-order valence-corrected chi connectivity index (χ2v) is 6.67. The third kappa shape index (κ3) is 3.14. The molecule has 1 amide bonds. The van der Waals surface area contributed by atoms with Crippen molar-refractivity contribution in [2.24, 2.45) is 0 Å². The predicted molar refractivity (Wildman–Crippen MR) is 99.9 cm³/mol. The van der Waals surface area contributed by atoms with Crippen LogP contribution in [0.5, 0.6) is 0 Å². The standard InChI is InChI=1S/C20H21N5O/c21-15-16-6-8-22-19(14-16)24-12-10-23(11-13-24)18-7-9-25(20(18)26)17-4-2-1-3-5-17/h1-6,8,14,18H,7,9-13H2/t18-/m1/s1. The number of benzene rings is 1. The van der Waals surface area contributed by atoms with Crippen LogP contribution in [0.1, 0.15) is 12.0 Å². The lowest BCUT2D eigenvalue weighted by Crippen LogP contribution is -2.52. The lowest BCUT2D eigenvalue weighted by molar-refractivity contribution is -0.121. The molecule has 0 unspecified atom stereocenters. The quantitative estimate of drug-likeness (QED) is 0.848. The van der Waals surface area contributed by atoms with Crippen molar-refractivity contribution in [2.75, 3.05) is 42.5 Å². The van der Waals surface area contributed by atoms with Gasteiger partial charge in [-0.25, -0.2) is 4.98 Å². The van der Waals surface area contributed by atoms with E-state index < -0.39 is 0 Å². The Labute approximate surface area is 153 Å². The summed E-state index contributed by atoms with van der Waals surface area (Å²) in [6, 6.07) is 15.6. The van der Waals surface area contributed by atoms with E-state index >= 15 is 0 Å². The summed E-state index contributed by atoms with van der Waals surface area (Å²) in [6.45, 7) is 4.07. The monoisotopic (exact) mass is 347 g/mol. The van der Waals surface area contributed by atoms with Crippen molar-refractivity contribution >= 4 is 17.4 Å². The van der Waals surface area contributed by atoms with Crippen molar-refractivity contribution in [3.8, 4) is 6.07 Å². The first kappa shape index (κ1) is 16.6. The SMILES string of the molecule is N#Cc1ccnc(N2CCN([C@@H]3CCN(c4ccccc4)C3=O)CC2)c1. The Morgan fingerprint density at radius 1 is 1.04 bits per heavy atom. The summed E-state index contributed by atoms with van der Waals surface area (Å²) in [5.41, 5.74) is 1.61. The topological polar surface area (TPSA) is 63.5 Å². The maximum absolute atomic E-state index is 12.9. The first-order chi connectivity index (χ1) is 12.8. The summed E-state index contributed by atoms with van der Waals surface area (Å²) < 4.78 is 0. The second-order valence-electron chi connectivity index (χ2n) is 6.67. The number of aromatic nitrogens is 1. The minimum atomic E-state index is -0.0317. The number of carbonyl (C=O) groups is 1. The van der Waals surface area contributed by atoms with Crippen LogP contribution in [0.15, 0.2) is 48.7 Å². The first-order valence-electron chi connectivity index (χ1n) is 8.98. The zero-order valence-corrected chi connectivity index (χ0v) is 14.6. The number of anilines is 2. The highest BCUT2D eigenvalue weighted by Crippen LogP contribution is 2.25. The molecule has 132 valence electrons. The van der Waals surface area contributed by atoms with Crippen LogP contribution in [0.4, 0.5) is 11.5 Å². The fourth-order valence-electron chi connectivity index (χ4n) is 3.79. The fraction of sp³-hybridized carbons (Fsp3) is 0.350. The molecule has 0 aliphatic carbocycles. The first-order valence-corrected chi connectivity index (χ1v) is 8.98. The van der Waals surface area contributed by atoms with Crippen LogP contribution in [0.2, 0.25) is 0 Å². The molecule has 0 N–H and O–H groups in total. The van der Waals surface area contributed by atoms with Crippen LogP contribution in [-0.2, 0) is 4.79 Å². The second kappa shape index (κ2) is 7.14.